The van der Waals surface area contributed by atoms with Crippen LogP contribution in [-0.4, -0.2) is 83.0 Å². The maximum absolute atomic E-state index is 12.6. The number of sulfonamides is 1. The van der Waals surface area contributed by atoms with Gasteiger partial charge in [0.05, 0.1) is 43.4 Å². The largest absolute Gasteiger partial charge is 0.490 e. The lowest BCUT2D eigenvalue weighted by molar-refractivity contribution is -0.385. The average Bonchev–Trinajstić information content (AvgIpc) is 2.70. The number of carbonyl (C=O) groups excluding carboxylic acids is 1. The lowest BCUT2D eigenvalue weighted by Crippen LogP contribution is -2.34. The smallest absolute Gasteiger partial charge is 0.407 e. The van der Waals surface area contributed by atoms with Crippen LogP contribution >= 0.6 is 0 Å². The Morgan fingerprint density at radius 3 is 2.34 bits per heavy atom. The Kier molecular flexibility index (Phi) is 10.8. The topological polar surface area (TPSA) is 147 Å². The Hall–Kier alpha value is -2.48. The summed E-state index contributed by atoms with van der Waals surface area (Å²) in [5.74, 6) is -0.140. The predicted octanol–water partition coefficient (Wildman–Crippen LogP) is 1.78. The molecule has 0 bridgehead atoms. The zero-order valence-electron chi connectivity index (χ0n) is 19.0. The second-order valence-electron chi connectivity index (χ2n) is 7.57. The highest BCUT2D eigenvalue weighted by Gasteiger charge is 2.24. The van der Waals surface area contributed by atoms with Gasteiger partial charge < -0.3 is 24.3 Å². The number of hydrogen-bond acceptors (Lipinski definition) is 9. The van der Waals surface area contributed by atoms with E-state index < -0.39 is 26.6 Å². The van der Waals surface area contributed by atoms with Crippen LogP contribution in [0, 0.1) is 10.1 Å². The van der Waals surface area contributed by atoms with Crippen LogP contribution in [-0.2, 0) is 24.2 Å². The molecule has 1 aromatic rings. The zero-order valence-corrected chi connectivity index (χ0v) is 19.8. The van der Waals surface area contributed by atoms with Gasteiger partial charge in [-0.3, -0.25) is 10.1 Å². The summed E-state index contributed by atoms with van der Waals surface area (Å²) in [6.45, 7) is 6.58. The van der Waals surface area contributed by atoms with Gasteiger partial charge in [-0.1, -0.05) is 0 Å². The minimum atomic E-state index is -3.87. The fourth-order valence-electron chi connectivity index (χ4n) is 2.32. The average molecular weight is 478 g/mol. The van der Waals surface area contributed by atoms with Gasteiger partial charge in [0.15, 0.2) is 5.75 Å². The number of rotatable bonds is 13. The Balaban J connectivity index is 2.32. The van der Waals surface area contributed by atoms with E-state index in [1.165, 1.54) is 14.2 Å². The van der Waals surface area contributed by atoms with Gasteiger partial charge in [-0.05, 0) is 26.8 Å². The summed E-state index contributed by atoms with van der Waals surface area (Å²) in [7, 11) is -1.26. The van der Waals surface area contributed by atoms with Gasteiger partial charge in [-0.15, -0.1) is 0 Å². The molecule has 0 saturated heterocycles. The third kappa shape index (κ3) is 9.34. The van der Waals surface area contributed by atoms with Gasteiger partial charge in [0.1, 0.15) is 5.60 Å². The fraction of sp³-hybridized carbons (Fsp3) is 0.632. The number of nitrogens with zero attached hydrogens (tertiary/aromatic N) is 2. The van der Waals surface area contributed by atoms with E-state index in [2.05, 4.69) is 5.32 Å². The van der Waals surface area contributed by atoms with Crippen LogP contribution in [0.3, 0.4) is 0 Å². The van der Waals surface area contributed by atoms with Crippen molar-refractivity contribution in [1.82, 2.24) is 9.62 Å². The molecular weight excluding hydrogens is 446 g/mol. The van der Waals surface area contributed by atoms with Crippen molar-refractivity contribution in [2.45, 2.75) is 31.3 Å². The first kappa shape index (κ1) is 27.6. The van der Waals surface area contributed by atoms with Crippen LogP contribution in [0.5, 0.6) is 5.75 Å². The van der Waals surface area contributed by atoms with Gasteiger partial charge in [-0.25, -0.2) is 13.2 Å². The van der Waals surface area contributed by atoms with E-state index >= 15 is 0 Å². The SMILES string of the molecule is COc1cc(S(=O)(=O)N(C)CCOCCOCCNC(=O)OC(C)(C)C)ccc1[N+](=O)[O-]. The number of nitro groups is 1. The monoisotopic (exact) mass is 477 g/mol. The second kappa shape index (κ2) is 12.5. The minimum Gasteiger partial charge on any atom is -0.490 e. The number of carbonyl (C=O) groups is 1. The van der Waals surface area contributed by atoms with Crippen molar-refractivity contribution < 1.29 is 37.1 Å². The zero-order chi connectivity index (χ0) is 24.4. The first-order valence-electron chi connectivity index (χ1n) is 9.79. The molecule has 0 atom stereocenters. The summed E-state index contributed by atoms with van der Waals surface area (Å²) in [5.41, 5.74) is -0.886. The molecule has 0 radical (unpaired) electrons. The minimum absolute atomic E-state index is 0.0713. The van der Waals surface area contributed by atoms with E-state index in [9.17, 15) is 23.3 Å². The Bertz CT molecular complexity index is 869. The van der Waals surface area contributed by atoms with E-state index in [1.54, 1.807) is 20.8 Å². The molecule has 0 heterocycles. The van der Waals surface area contributed by atoms with Gasteiger partial charge in [-0.2, -0.15) is 4.31 Å². The van der Waals surface area contributed by atoms with Crippen LogP contribution in [0.1, 0.15) is 20.8 Å². The van der Waals surface area contributed by atoms with Crippen molar-refractivity contribution in [3.63, 3.8) is 0 Å². The number of alkyl carbamates (subject to hydrolysis) is 1. The molecule has 12 nitrogen and oxygen atoms in total. The van der Waals surface area contributed by atoms with Gasteiger partial charge in [0.2, 0.25) is 10.0 Å². The van der Waals surface area contributed by atoms with Gasteiger partial charge >= 0.3 is 11.8 Å². The van der Waals surface area contributed by atoms with Crippen LogP contribution in [0.4, 0.5) is 10.5 Å². The summed E-state index contributed by atoms with van der Waals surface area (Å²) in [6, 6.07) is 3.36. The summed E-state index contributed by atoms with van der Waals surface area (Å²) < 4.78 is 47.0. The molecule has 0 saturated carbocycles. The Morgan fingerprint density at radius 2 is 1.78 bits per heavy atom. The van der Waals surface area contributed by atoms with E-state index in [0.29, 0.717) is 0 Å². The molecule has 1 N–H and O–H groups in total. The Labute approximate surface area is 188 Å². The number of likely N-dealkylation sites (N-methyl/N-ethyl adjacent to an activating group) is 1. The molecule has 32 heavy (non-hydrogen) atoms. The van der Waals surface area contributed by atoms with Crippen molar-refractivity contribution in [2.75, 3.05) is 53.7 Å². The Morgan fingerprint density at radius 1 is 1.16 bits per heavy atom. The molecule has 0 spiro atoms. The molecule has 1 rings (SSSR count). The molecular formula is C19H31N3O9S. The van der Waals surface area contributed by atoms with Crippen LogP contribution in [0.25, 0.3) is 0 Å². The fourth-order valence-corrected chi connectivity index (χ4v) is 3.49. The van der Waals surface area contributed by atoms with Crippen molar-refractivity contribution in [3.8, 4) is 5.75 Å². The summed E-state index contributed by atoms with van der Waals surface area (Å²) in [4.78, 5) is 21.6. The molecule has 0 unspecified atom stereocenters. The highest BCUT2D eigenvalue weighted by atomic mass is 32.2. The number of nitro benzene ring substituents is 1. The third-order valence-corrected chi connectivity index (χ3v) is 5.75. The number of benzene rings is 1. The summed E-state index contributed by atoms with van der Waals surface area (Å²) >= 11 is 0. The second-order valence-corrected chi connectivity index (χ2v) is 9.62. The predicted molar refractivity (Wildman–Crippen MR) is 115 cm³/mol. The number of hydrogen-bond donors (Lipinski definition) is 1. The maximum atomic E-state index is 12.6. The molecule has 0 aliphatic carbocycles. The van der Waals surface area contributed by atoms with Crippen LogP contribution < -0.4 is 10.1 Å². The number of nitrogens with one attached hydrogen (secondary N) is 1. The quantitative estimate of drug-likeness (QED) is 0.255. The normalized spacial score (nSPS) is 11.9. The van der Waals surface area contributed by atoms with Crippen molar-refractivity contribution in [3.05, 3.63) is 28.3 Å². The number of methoxy groups -OCH3 is 1. The summed E-state index contributed by atoms with van der Waals surface area (Å²) in [5, 5.41) is 13.5. The molecule has 0 aliphatic heterocycles. The van der Waals surface area contributed by atoms with E-state index in [0.717, 1.165) is 22.5 Å². The van der Waals surface area contributed by atoms with E-state index in [1.807, 2.05) is 0 Å². The molecule has 0 fully saturated rings. The molecule has 13 heteroatoms. The van der Waals surface area contributed by atoms with Crippen molar-refractivity contribution in [1.29, 1.82) is 0 Å². The van der Waals surface area contributed by atoms with Crippen molar-refractivity contribution in [2.24, 2.45) is 0 Å². The van der Waals surface area contributed by atoms with E-state index in [-0.39, 0.29) is 55.8 Å². The number of ether oxygens (including phenoxy) is 4. The maximum Gasteiger partial charge on any atom is 0.407 e. The van der Waals surface area contributed by atoms with Crippen LogP contribution in [0.15, 0.2) is 23.1 Å². The first-order valence-corrected chi connectivity index (χ1v) is 11.2. The molecule has 1 amide bonds. The molecule has 182 valence electrons. The van der Waals surface area contributed by atoms with Gasteiger partial charge in [0, 0.05) is 32.3 Å². The summed E-state index contributed by atoms with van der Waals surface area (Å²) in [6.07, 6.45) is -0.521. The number of amides is 1. The lowest BCUT2D eigenvalue weighted by atomic mass is 10.2. The third-order valence-electron chi connectivity index (χ3n) is 3.89. The highest BCUT2D eigenvalue weighted by Crippen LogP contribution is 2.30. The molecule has 1 aromatic carbocycles. The van der Waals surface area contributed by atoms with E-state index in [4.69, 9.17) is 18.9 Å². The van der Waals surface area contributed by atoms with Crippen molar-refractivity contribution >= 4 is 21.8 Å². The first-order chi connectivity index (χ1) is 14.9. The van der Waals surface area contributed by atoms with Crippen LogP contribution in [0.2, 0.25) is 0 Å². The highest BCUT2D eigenvalue weighted by molar-refractivity contribution is 7.89. The molecule has 0 aliphatic rings. The standard InChI is InChI=1S/C19H31N3O9S/c1-19(2,3)31-18(23)20-8-10-29-12-13-30-11-9-21(4)32(26,27)15-6-7-16(22(24)25)17(14-15)28-5/h6-7,14H,8-13H2,1-5H3,(H,20,23). The molecule has 0 aromatic heterocycles. The lowest BCUT2D eigenvalue weighted by Gasteiger charge is -2.19. The van der Waals surface area contributed by atoms with Gasteiger partial charge in [0.25, 0.3) is 0 Å².